The summed E-state index contributed by atoms with van der Waals surface area (Å²) in [5.74, 6) is 0.426. The SMILES string of the molecule is Cc1cc(N2CCN(S(=O)(=O)c3ccccc3)CC2)cc2[nH]c(-c3c(N[C@H](CO)Cc4ccccc4)cc[nH]c3=O)nc12. The minimum absolute atomic E-state index is 0.107. The van der Waals surface area contributed by atoms with Crippen LogP contribution in [0.5, 0.6) is 0 Å². The first-order chi connectivity index (χ1) is 20.8. The van der Waals surface area contributed by atoms with E-state index >= 15 is 0 Å². The van der Waals surface area contributed by atoms with Gasteiger partial charge in [0.15, 0.2) is 0 Å². The Bertz CT molecular complexity index is 1880. The molecular weight excluding hydrogens is 564 g/mol. The van der Waals surface area contributed by atoms with E-state index in [0.717, 1.165) is 27.8 Å². The number of nitrogens with zero attached hydrogens (tertiary/aromatic N) is 3. The molecule has 1 saturated heterocycles. The van der Waals surface area contributed by atoms with Gasteiger partial charge in [-0.25, -0.2) is 13.4 Å². The molecule has 0 bridgehead atoms. The van der Waals surface area contributed by atoms with Crippen molar-refractivity contribution in [2.75, 3.05) is 43.0 Å². The zero-order valence-corrected chi connectivity index (χ0v) is 24.6. The number of aliphatic hydroxyl groups is 1. The van der Waals surface area contributed by atoms with Crippen molar-refractivity contribution in [1.29, 1.82) is 0 Å². The Labute approximate surface area is 250 Å². The standard InChI is InChI=1S/C32H34N6O4S/c1-22-18-25(37-14-16-38(17-15-37)43(41,42)26-10-6-3-7-11-26)20-28-30(22)36-31(35-28)29-27(12-13-33-32(29)40)34-24(21-39)19-23-8-4-2-5-9-23/h2-13,18,20,24,39H,14-17,19,21H2,1H3,(H,35,36)(H2,33,34,40)/t24-/m0/s1. The molecule has 11 heteroatoms. The van der Waals surface area contributed by atoms with Crippen LogP contribution in [0.4, 0.5) is 11.4 Å². The highest BCUT2D eigenvalue weighted by molar-refractivity contribution is 7.89. The number of H-pyrrole nitrogens is 2. The highest BCUT2D eigenvalue weighted by atomic mass is 32.2. The molecule has 0 saturated carbocycles. The number of sulfonamides is 1. The summed E-state index contributed by atoms with van der Waals surface area (Å²) in [6.07, 6.45) is 2.17. The maximum absolute atomic E-state index is 13.1. The number of aliphatic hydroxyl groups excluding tert-OH is 1. The lowest BCUT2D eigenvalue weighted by Crippen LogP contribution is -2.48. The number of hydrogen-bond acceptors (Lipinski definition) is 7. The first kappa shape index (κ1) is 28.7. The van der Waals surface area contributed by atoms with Crippen LogP contribution in [-0.2, 0) is 16.4 Å². The van der Waals surface area contributed by atoms with Gasteiger partial charge in [0.1, 0.15) is 11.4 Å². The van der Waals surface area contributed by atoms with E-state index in [2.05, 4.69) is 20.2 Å². The summed E-state index contributed by atoms with van der Waals surface area (Å²) in [5, 5.41) is 13.4. The second-order valence-corrected chi connectivity index (χ2v) is 12.7. The van der Waals surface area contributed by atoms with Gasteiger partial charge in [-0.15, -0.1) is 0 Å². The number of nitrogens with one attached hydrogen (secondary N) is 3. The molecule has 1 aliphatic heterocycles. The molecule has 0 unspecified atom stereocenters. The topological polar surface area (TPSA) is 134 Å². The molecule has 43 heavy (non-hydrogen) atoms. The first-order valence-electron chi connectivity index (χ1n) is 14.3. The number of piperazine rings is 1. The molecule has 1 atom stereocenters. The molecule has 2 aromatic heterocycles. The van der Waals surface area contributed by atoms with Crippen molar-refractivity contribution in [3.63, 3.8) is 0 Å². The predicted octanol–water partition coefficient (Wildman–Crippen LogP) is 3.75. The number of benzene rings is 3. The molecule has 3 heterocycles. The number of imidazole rings is 1. The number of rotatable bonds is 9. The molecule has 1 aliphatic rings. The van der Waals surface area contributed by atoms with Gasteiger partial charge >= 0.3 is 0 Å². The lowest BCUT2D eigenvalue weighted by atomic mass is 10.1. The molecular formula is C32H34N6O4S. The third kappa shape index (κ3) is 5.92. The summed E-state index contributed by atoms with van der Waals surface area (Å²) < 4.78 is 27.7. The number of pyridine rings is 1. The molecule has 0 amide bonds. The summed E-state index contributed by atoms with van der Waals surface area (Å²) in [6.45, 7) is 3.73. The third-order valence-corrected chi connectivity index (χ3v) is 9.76. The molecule has 4 N–H and O–H groups in total. The fourth-order valence-electron chi connectivity index (χ4n) is 5.61. The fourth-order valence-corrected chi connectivity index (χ4v) is 7.06. The zero-order chi connectivity index (χ0) is 30.0. The van der Waals surface area contributed by atoms with E-state index in [1.54, 1.807) is 42.6 Å². The normalized spacial score (nSPS) is 15.1. The number of aromatic amines is 2. The number of aryl methyl sites for hydroxylation is 1. The maximum Gasteiger partial charge on any atom is 0.261 e. The molecule has 3 aromatic carbocycles. The van der Waals surface area contributed by atoms with E-state index in [1.807, 2.05) is 49.4 Å². The molecule has 1 fully saturated rings. The van der Waals surface area contributed by atoms with Crippen molar-refractivity contribution < 1.29 is 13.5 Å². The molecule has 5 aromatic rings. The van der Waals surface area contributed by atoms with Gasteiger partial charge in [-0.2, -0.15) is 4.31 Å². The van der Waals surface area contributed by atoms with Crippen molar-refractivity contribution in [2.24, 2.45) is 0 Å². The summed E-state index contributed by atoms with van der Waals surface area (Å²) in [5.41, 5.74) is 5.15. The molecule has 10 nitrogen and oxygen atoms in total. The van der Waals surface area contributed by atoms with Gasteiger partial charge in [-0.1, -0.05) is 48.5 Å². The van der Waals surface area contributed by atoms with Crippen molar-refractivity contribution in [3.05, 3.63) is 107 Å². The number of fused-ring (bicyclic) bond motifs is 1. The Morgan fingerprint density at radius 1 is 0.977 bits per heavy atom. The highest BCUT2D eigenvalue weighted by Crippen LogP contribution is 2.30. The number of hydrogen-bond donors (Lipinski definition) is 4. The Morgan fingerprint density at radius 2 is 1.67 bits per heavy atom. The lowest BCUT2D eigenvalue weighted by molar-refractivity contribution is 0.274. The molecule has 0 radical (unpaired) electrons. The van der Waals surface area contributed by atoms with Gasteiger partial charge in [0.05, 0.1) is 34.3 Å². The Hall–Kier alpha value is -4.45. The van der Waals surface area contributed by atoms with Crippen LogP contribution in [0.15, 0.2) is 94.7 Å². The van der Waals surface area contributed by atoms with Crippen molar-refractivity contribution >= 4 is 32.4 Å². The molecule has 222 valence electrons. The summed E-state index contributed by atoms with van der Waals surface area (Å²) in [6, 6.07) is 23.9. The van der Waals surface area contributed by atoms with Crippen LogP contribution >= 0.6 is 0 Å². The summed E-state index contributed by atoms with van der Waals surface area (Å²) in [4.78, 5) is 26.4. The largest absolute Gasteiger partial charge is 0.394 e. The lowest BCUT2D eigenvalue weighted by Gasteiger charge is -2.35. The van der Waals surface area contributed by atoms with E-state index in [0.29, 0.717) is 54.6 Å². The highest BCUT2D eigenvalue weighted by Gasteiger charge is 2.29. The van der Waals surface area contributed by atoms with Crippen LogP contribution in [0.3, 0.4) is 0 Å². The van der Waals surface area contributed by atoms with Crippen LogP contribution in [-0.4, -0.2) is 71.6 Å². The second kappa shape index (κ2) is 12.0. The zero-order valence-electron chi connectivity index (χ0n) is 23.8. The molecule has 0 aliphatic carbocycles. The van der Waals surface area contributed by atoms with E-state index in [9.17, 15) is 18.3 Å². The van der Waals surface area contributed by atoms with Gasteiger partial charge in [0, 0.05) is 38.1 Å². The molecule has 6 rings (SSSR count). The quantitative estimate of drug-likeness (QED) is 0.203. The minimum atomic E-state index is -3.54. The van der Waals surface area contributed by atoms with Crippen molar-refractivity contribution in [2.45, 2.75) is 24.3 Å². The average molecular weight is 599 g/mol. The van der Waals surface area contributed by atoms with E-state index in [1.165, 1.54) is 4.31 Å². The fraction of sp³-hybridized carbons (Fsp3) is 0.250. The van der Waals surface area contributed by atoms with E-state index < -0.39 is 10.0 Å². The van der Waals surface area contributed by atoms with Crippen LogP contribution < -0.4 is 15.8 Å². The van der Waals surface area contributed by atoms with E-state index in [4.69, 9.17) is 4.98 Å². The number of aromatic nitrogens is 3. The van der Waals surface area contributed by atoms with Gasteiger partial charge in [-0.3, -0.25) is 4.79 Å². The van der Waals surface area contributed by atoms with Crippen LogP contribution in [0.2, 0.25) is 0 Å². The average Bonchev–Trinajstić information content (AvgIpc) is 3.46. The second-order valence-electron chi connectivity index (χ2n) is 10.8. The van der Waals surface area contributed by atoms with Crippen molar-refractivity contribution in [1.82, 2.24) is 19.3 Å². The third-order valence-electron chi connectivity index (χ3n) is 7.85. The van der Waals surface area contributed by atoms with Crippen LogP contribution in [0.25, 0.3) is 22.4 Å². The van der Waals surface area contributed by atoms with Crippen molar-refractivity contribution in [3.8, 4) is 11.4 Å². The first-order valence-corrected chi connectivity index (χ1v) is 15.7. The Balaban J connectivity index is 1.24. The molecule has 0 spiro atoms. The Morgan fingerprint density at radius 3 is 2.37 bits per heavy atom. The van der Waals surface area contributed by atoms with Crippen LogP contribution in [0.1, 0.15) is 11.1 Å². The van der Waals surface area contributed by atoms with Gasteiger partial charge < -0.3 is 25.3 Å². The Kier molecular flexibility index (Phi) is 8.02. The van der Waals surface area contributed by atoms with E-state index in [-0.39, 0.29) is 18.2 Å². The predicted molar refractivity (Wildman–Crippen MR) is 169 cm³/mol. The van der Waals surface area contributed by atoms with Crippen LogP contribution in [0, 0.1) is 6.92 Å². The maximum atomic E-state index is 13.1. The minimum Gasteiger partial charge on any atom is -0.394 e. The van der Waals surface area contributed by atoms with Gasteiger partial charge in [0.25, 0.3) is 5.56 Å². The van der Waals surface area contributed by atoms with Gasteiger partial charge in [-0.05, 0) is 54.8 Å². The summed E-state index contributed by atoms with van der Waals surface area (Å²) in [7, 11) is -3.54. The number of anilines is 2. The summed E-state index contributed by atoms with van der Waals surface area (Å²) >= 11 is 0. The smallest absolute Gasteiger partial charge is 0.261 e. The monoisotopic (exact) mass is 598 g/mol. The van der Waals surface area contributed by atoms with Gasteiger partial charge in [0.2, 0.25) is 10.0 Å².